The van der Waals surface area contributed by atoms with Crippen molar-refractivity contribution in [2.24, 2.45) is 17.1 Å². The van der Waals surface area contributed by atoms with Gasteiger partial charge in [-0.2, -0.15) is 0 Å². The summed E-state index contributed by atoms with van der Waals surface area (Å²) in [6, 6.07) is 0. The Labute approximate surface area is 92.3 Å². The lowest BCUT2D eigenvalue weighted by molar-refractivity contribution is 0.555. The molecule has 0 bridgehead atoms. The van der Waals surface area contributed by atoms with Crippen LogP contribution in [0.4, 0.5) is 0 Å². The van der Waals surface area contributed by atoms with E-state index in [1.807, 2.05) is 0 Å². The van der Waals surface area contributed by atoms with Crippen LogP contribution in [0.2, 0.25) is 0 Å². The van der Waals surface area contributed by atoms with Crippen molar-refractivity contribution in [3.63, 3.8) is 0 Å². The maximum atomic E-state index is 5.70. The third kappa shape index (κ3) is 1.46. The van der Waals surface area contributed by atoms with Gasteiger partial charge in [-0.3, -0.25) is 0 Å². The van der Waals surface area contributed by atoms with E-state index in [2.05, 4.69) is 39.7 Å². The second-order valence-electron chi connectivity index (χ2n) is 4.40. The molecule has 0 aromatic carbocycles. The van der Waals surface area contributed by atoms with Gasteiger partial charge in [0.1, 0.15) is 5.82 Å². The average Bonchev–Trinajstić information content (AvgIpc) is 2.69. The van der Waals surface area contributed by atoms with Crippen LogP contribution >= 0.6 is 15.9 Å². The van der Waals surface area contributed by atoms with E-state index in [4.69, 9.17) is 5.73 Å². The summed E-state index contributed by atoms with van der Waals surface area (Å²) in [5.41, 5.74) is 5.97. The average molecular weight is 256 g/mol. The van der Waals surface area contributed by atoms with Gasteiger partial charge in [0.15, 0.2) is 0 Å². The van der Waals surface area contributed by atoms with Crippen molar-refractivity contribution in [2.45, 2.75) is 19.8 Å². The molecule has 0 aliphatic heterocycles. The number of nitrogens with two attached hydrogens (primary N) is 1. The summed E-state index contributed by atoms with van der Waals surface area (Å²) in [5.74, 6) is 1.89. The lowest BCUT2D eigenvalue weighted by Gasteiger charge is -2.00. The molecule has 2 atom stereocenters. The van der Waals surface area contributed by atoms with Crippen molar-refractivity contribution in [2.75, 3.05) is 6.54 Å². The quantitative estimate of drug-likeness (QED) is 0.879. The van der Waals surface area contributed by atoms with E-state index >= 15 is 0 Å². The first-order valence-corrected chi connectivity index (χ1v) is 5.54. The van der Waals surface area contributed by atoms with Gasteiger partial charge in [0, 0.05) is 18.3 Å². The van der Waals surface area contributed by atoms with Gasteiger partial charge in [-0.15, -0.1) is 0 Å². The highest BCUT2D eigenvalue weighted by atomic mass is 79.9. The summed E-state index contributed by atoms with van der Waals surface area (Å²) in [6.45, 7) is 5.16. The highest BCUT2D eigenvalue weighted by Gasteiger charge is 2.58. The molecule has 1 fully saturated rings. The maximum absolute atomic E-state index is 5.70. The van der Waals surface area contributed by atoms with Gasteiger partial charge < -0.3 is 5.73 Å². The maximum Gasteiger partial charge on any atom is 0.132 e. The van der Waals surface area contributed by atoms with Crippen LogP contribution in [-0.2, 0) is 0 Å². The molecule has 1 aliphatic carbocycles. The van der Waals surface area contributed by atoms with E-state index in [1.165, 1.54) is 0 Å². The Morgan fingerprint density at radius 1 is 1.43 bits per heavy atom. The van der Waals surface area contributed by atoms with Gasteiger partial charge in [0.2, 0.25) is 0 Å². The van der Waals surface area contributed by atoms with E-state index in [9.17, 15) is 0 Å². The Bertz CT molecular complexity index is 334. The van der Waals surface area contributed by atoms with Gasteiger partial charge >= 0.3 is 0 Å². The minimum atomic E-state index is 0.266. The van der Waals surface area contributed by atoms with E-state index < -0.39 is 0 Å². The van der Waals surface area contributed by atoms with E-state index in [1.54, 1.807) is 12.4 Å². The number of nitrogens with zero attached hydrogens (tertiary/aromatic N) is 2. The topological polar surface area (TPSA) is 51.8 Å². The largest absolute Gasteiger partial charge is 0.330 e. The van der Waals surface area contributed by atoms with Crippen LogP contribution in [0.1, 0.15) is 25.6 Å². The Balaban J connectivity index is 2.22. The van der Waals surface area contributed by atoms with E-state index in [0.717, 1.165) is 16.8 Å². The molecule has 1 saturated carbocycles. The lowest BCUT2D eigenvalue weighted by Crippen LogP contribution is -2.05. The molecular formula is C10H14BrN3. The van der Waals surface area contributed by atoms with Crippen molar-refractivity contribution in [3.8, 4) is 0 Å². The summed E-state index contributed by atoms with van der Waals surface area (Å²) >= 11 is 3.33. The first kappa shape index (κ1) is 10.1. The lowest BCUT2D eigenvalue weighted by atomic mass is 10.1. The third-order valence-corrected chi connectivity index (χ3v) is 3.63. The van der Waals surface area contributed by atoms with Crippen LogP contribution in [0.15, 0.2) is 16.9 Å². The van der Waals surface area contributed by atoms with Gasteiger partial charge in [-0.25, -0.2) is 9.97 Å². The first-order chi connectivity index (χ1) is 6.57. The van der Waals surface area contributed by atoms with Gasteiger partial charge in [0.25, 0.3) is 0 Å². The zero-order valence-electron chi connectivity index (χ0n) is 8.37. The second-order valence-corrected chi connectivity index (χ2v) is 5.32. The summed E-state index contributed by atoms with van der Waals surface area (Å²) < 4.78 is 0.920. The molecule has 2 rings (SSSR count). The van der Waals surface area contributed by atoms with Crippen molar-refractivity contribution in [1.29, 1.82) is 0 Å². The Morgan fingerprint density at radius 2 is 2.00 bits per heavy atom. The van der Waals surface area contributed by atoms with Crippen LogP contribution in [0, 0.1) is 11.3 Å². The van der Waals surface area contributed by atoms with Crippen LogP contribution in [0.5, 0.6) is 0 Å². The van der Waals surface area contributed by atoms with Gasteiger partial charge in [0.05, 0.1) is 4.47 Å². The summed E-state index contributed by atoms with van der Waals surface area (Å²) in [5, 5.41) is 0. The number of hydrogen-bond donors (Lipinski definition) is 1. The molecule has 0 spiro atoms. The smallest absolute Gasteiger partial charge is 0.132 e. The zero-order chi connectivity index (χ0) is 10.3. The molecule has 1 aliphatic rings. The Morgan fingerprint density at radius 3 is 2.43 bits per heavy atom. The predicted molar refractivity (Wildman–Crippen MR) is 58.8 cm³/mol. The van der Waals surface area contributed by atoms with Crippen LogP contribution in [0.25, 0.3) is 0 Å². The number of aromatic nitrogens is 2. The molecular weight excluding hydrogens is 242 g/mol. The molecule has 76 valence electrons. The number of hydrogen-bond acceptors (Lipinski definition) is 3. The van der Waals surface area contributed by atoms with Gasteiger partial charge in [-0.05, 0) is 33.8 Å². The predicted octanol–water partition coefficient (Wildman–Crippen LogP) is 1.94. The monoisotopic (exact) mass is 255 g/mol. The first-order valence-electron chi connectivity index (χ1n) is 4.75. The van der Waals surface area contributed by atoms with E-state index in [-0.39, 0.29) is 5.41 Å². The summed E-state index contributed by atoms with van der Waals surface area (Å²) in [4.78, 5) is 8.64. The SMILES string of the molecule is CC1(C)[C@@H](CN)[C@@H]1c1ncc(Br)cn1. The van der Waals surface area contributed by atoms with Crippen molar-refractivity contribution in [1.82, 2.24) is 9.97 Å². The fraction of sp³-hybridized carbons (Fsp3) is 0.600. The normalized spacial score (nSPS) is 28.9. The fourth-order valence-corrected chi connectivity index (χ4v) is 2.38. The summed E-state index contributed by atoms with van der Waals surface area (Å²) in [6.07, 6.45) is 3.59. The molecule has 0 saturated heterocycles. The van der Waals surface area contributed by atoms with Crippen molar-refractivity contribution in [3.05, 3.63) is 22.7 Å². The molecule has 0 unspecified atom stereocenters. The Hall–Kier alpha value is -0.480. The molecule has 2 N–H and O–H groups in total. The molecule has 0 amide bonds. The number of halogens is 1. The Kier molecular flexibility index (Phi) is 2.35. The highest BCUT2D eigenvalue weighted by molar-refractivity contribution is 9.10. The summed E-state index contributed by atoms with van der Waals surface area (Å²) in [7, 11) is 0. The van der Waals surface area contributed by atoms with Crippen molar-refractivity contribution < 1.29 is 0 Å². The minimum Gasteiger partial charge on any atom is -0.330 e. The van der Waals surface area contributed by atoms with Gasteiger partial charge in [-0.1, -0.05) is 13.8 Å². The second kappa shape index (κ2) is 3.28. The van der Waals surface area contributed by atoms with Crippen molar-refractivity contribution >= 4 is 15.9 Å². The zero-order valence-corrected chi connectivity index (χ0v) is 9.95. The molecule has 1 heterocycles. The highest BCUT2D eigenvalue weighted by Crippen LogP contribution is 2.62. The molecule has 4 heteroatoms. The molecule has 1 aromatic rings. The number of rotatable bonds is 2. The fourth-order valence-electron chi connectivity index (χ4n) is 2.18. The van der Waals surface area contributed by atoms with Crippen LogP contribution in [0.3, 0.4) is 0 Å². The molecule has 14 heavy (non-hydrogen) atoms. The van der Waals surface area contributed by atoms with Crippen LogP contribution in [-0.4, -0.2) is 16.5 Å². The standard InChI is InChI=1S/C10H14BrN3/c1-10(2)7(3-12)8(10)9-13-4-6(11)5-14-9/h4-5,7-8H,3,12H2,1-2H3/t7-,8+/m0/s1. The molecule has 3 nitrogen and oxygen atoms in total. The molecule has 0 radical (unpaired) electrons. The molecule has 1 aromatic heterocycles. The van der Waals surface area contributed by atoms with Crippen LogP contribution < -0.4 is 5.73 Å². The van der Waals surface area contributed by atoms with E-state index in [0.29, 0.717) is 11.8 Å². The third-order valence-electron chi connectivity index (χ3n) is 3.22. The minimum absolute atomic E-state index is 0.266.